The Labute approximate surface area is 118 Å². The second kappa shape index (κ2) is 8.58. The lowest BCUT2D eigenvalue weighted by molar-refractivity contribution is -0.459. The molecular weight excluding hydrogens is 256 g/mol. The number of aromatic hydroxyl groups is 1. The van der Waals surface area contributed by atoms with Crippen LogP contribution in [0.25, 0.3) is 6.08 Å². The Kier molecular flexibility index (Phi) is 6.67. The average molecular weight is 277 g/mol. The standard InChI is InChI=1S/C14H20N4O2/c15-14(16)18-10-2-1-9-17-13(20)8-5-11-3-6-12(19)7-4-11/h3-8,19H,1-2,9-10H2,(H,17,20)(H4,15,16,18)/p+1. The lowest BCUT2D eigenvalue weighted by atomic mass is 10.2. The Bertz CT molecular complexity index is 476. The number of nitrogens with one attached hydrogen (secondary N) is 2. The van der Waals surface area contributed by atoms with Gasteiger partial charge in [0.2, 0.25) is 5.91 Å². The third kappa shape index (κ3) is 7.05. The predicted octanol–water partition coefficient (Wildman–Crippen LogP) is -1.34. The van der Waals surface area contributed by atoms with Gasteiger partial charge in [0.25, 0.3) is 0 Å². The highest BCUT2D eigenvalue weighted by atomic mass is 16.3. The molecule has 0 radical (unpaired) electrons. The molecule has 1 amide bonds. The van der Waals surface area contributed by atoms with Crippen molar-refractivity contribution in [2.75, 3.05) is 13.1 Å². The molecule has 0 fully saturated rings. The fraction of sp³-hybridized carbons (Fsp3) is 0.286. The van der Waals surface area contributed by atoms with Crippen LogP contribution in [-0.2, 0) is 4.79 Å². The summed E-state index contributed by atoms with van der Waals surface area (Å²) in [6, 6.07) is 6.62. The summed E-state index contributed by atoms with van der Waals surface area (Å²) in [5.41, 5.74) is 11.4. The molecule has 1 aromatic carbocycles. The van der Waals surface area contributed by atoms with Crippen molar-refractivity contribution in [3.05, 3.63) is 35.9 Å². The molecule has 0 heterocycles. The summed E-state index contributed by atoms with van der Waals surface area (Å²) in [7, 11) is 0. The number of hydrogen-bond donors (Lipinski definition) is 5. The fourth-order valence-electron chi connectivity index (χ4n) is 1.51. The van der Waals surface area contributed by atoms with Crippen molar-refractivity contribution in [2.24, 2.45) is 11.5 Å². The SMILES string of the molecule is NC(N)=[NH+]CCCCNC(=O)C=Cc1ccc(O)cc1. The molecule has 0 aliphatic heterocycles. The van der Waals surface area contributed by atoms with E-state index in [0.717, 1.165) is 18.4 Å². The smallest absolute Gasteiger partial charge is 0.338 e. The summed E-state index contributed by atoms with van der Waals surface area (Å²) in [6.07, 6.45) is 4.88. The molecule has 0 saturated heterocycles. The van der Waals surface area contributed by atoms with E-state index < -0.39 is 0 Å². The predicted molar refractivity (Wildman–Crippen MR) is 78.6 cm³/mol. The zero-order chi connectivity index (χ0) is 14.8. The van der Waals surface area contributed by atoms with Gasteiger partial charge in [-0.1, -0.05) is 12.1 Å². The van der Waals surface area contributed by atoms with Crippen LogP contribution in [-0.4, -0.2) is 30.1 Å². The zero-order valence-electron chi connectivity index (χ0n) is 11.3. The Morgan fingerprint density at radius 2 is 1.95 bits per heavy atom. The van der Waals surface area contributed by atoms with Gasteiger partial charge in [0.05, 0.1) is 6.54 Å². The lowest BCUT2D eigenvalue weighted by Crippen LogP contribution is -2.78. The highest BCUT2D eigenvalue weighted by Gasteiger charge is 1.95. The minimum Gasteiger partial charge on any atom is -0.508 e. The van der Waals surface area contributed by atoms with Gasteiger partial charge in [0, 0.05) is 12.6 Å². The zero-order valence-corrected chi connectivity index (χ0v) is 11.3. The van der Waals surface area contributed by atoms with Crippen LogP contribution in [0, 0.1) is 0 Å². The van der Waals surface area contributed by atoms with E-state index in [1.165, 1.54) is 6.08 Å². The van der Waals surface area contributed by atoms with Gasteiger partial charge >= 0.3 is 5.96 Å². The van der Waals surface area contributed by atoms with E-state index in [4.69, 9.17) is 16.6 Å². The third-order valence-electron chi connectivity index (χ3n) is 2.55. The van der Waals surface area contributed by atoms with Crippen molar-refractivity contribution in [3.63, 3.8) is 0 Å². The first-order valence-electron chi connectivity index (χ1n) is 6.44. The van der Waals surface area contributed by atoms with Crippen LogP contribution >= 0.6 is 0 Å². The summed E-state index contributed by atoms with van der Waals surface area (Å²) in [5, 5.41) is 11.9. The van der Waals surface area contributed by atoms with E-state index in [-0.39, 0.29) is 17.6 Å². The van der Waals surface area contributed by atoms with Gasteiger partial charge in [-0.2, -0.15) is 0 Å². The average Bonchev–Trinajstić information content (AvgIpc) is 2.41. The Balaban J connectivity index is 2.20. The molecule has 0 aliphatic carbocycles. The molecular formula is C14H21N4O2+. The van der Waals surface area contributed by atoms with Gasteiger partial charge in [-0.15, -0.1) is 0 Å². The summed E-state index contributed by atoms with van der Waals surface area (Å²) in [5.74, 6) is 0.275. The highest BCUT2D eigenvalue weighted by Crippen LogP contribution is 2.10. The van der Waals surface area contributed by atoms with Gasteiger partial charge in [-0.25, -0.2) is 0 Å². The van der Waals surface area contributed by atoms with Crippen molar-refractivity contribution in [3.8, 4) is 5.75 Å². The number of phenols is 1. The molecule has 0 aromatic heterocycles. The van der Waals surface area contributed by atoms with Gasteiger partial charge in [-0.05, 0) is 36.6 Å². The summed E-state index contributed by atoms with van der Waals surface area (Å²) in [6.45, 7) is 1.30. The molecule has 7 N–H and O–H groups in total. The molecule has 6 heteroatoms. The van der Waals surface area contributed by atoms with Crippen LogP contribution in [0.1, 0.15) is 18.4 Å². The molecule has 1 aromatic rings. The largest absolute Gasteiger partial charge is 0.508 e. The molecule has 0 aliphatic rings. The maximum atomic E-state index is 11.5. The molecule has 0 unspecified atom stereocenters. The van der Waals surface area contributed by atoms with Crippen LogP contribution in [0.5, 0.6) is 5.75 Å². The first kappa shape index (κ1) is 15.6. The molecule has 0 saturated carbocycles. The van der Waals surface area contributed by atoms with E-state index in [9.17, 15) is 4.79 Å². The molecule has 20 heavy (non-hydrogen) atoms. The molecule has 0 bridgehead atoms. The van der Waals surface area contributed by atoms with Crippen molar-refractivity contribution in [1.82, 2.24) is 5.32 Å². The van der Waals surface area contributed by atoms with E-state index >= 15 is 0 Å². The monoisotopic (exact) mass is 277 g/mol. The summed E-state index contributed by atoms with van der Waals surface area (Å²) in [4.78, 5) is 14.3. The number of benzene rings is 1. The molecule has 108 valence electrons. The number of nitrogens with two attached hydrogens (primary N) is 2. The Morgan fingerprint density at radius 1 is 1.25 bits per heavy atom. The number of rotatable bonds is 7. The quantitative estimate of drug-likeness (QED) is 0.183. The number of hydrogen-bond acceptors (Lipinski definition) is 2. The highest BCUT2D eigenvalue weighted by molar-refractivity contribution is 5.91. The lowest BCUT2D eigenvalue weighted by Gasteiger charge is -2.00. The Morgan fingerprint density at radius 3 is 2.60 bits per heavy atom. The maximum absolute atomic E-state index is 11.5. The molecule has 6 nitrogen and oxygen atoms in total. The fourth-order valence-corrected chi connectivity index (χ4v) is 1.51. The second-order valence-electron chi connectivity index (χ2n) is 4.31. The van der Waals surface area contributed by atoms with E-state index in [1.54, 1.807) is 30.3 Å². The molecule has 0 spiro atoms. The number of guanidine groups is 1. The van der Waals surface area contributed by atoms with Crippen LogP contribution in [0.2, 0.25) is 0 Å². The molecule has 1 rings (SSSR count). The van der Waals surface area contributed by atoms with E-state index in [0.29, 0.717) is 13.1 Å². The van der Waals surface area contributed by atoms with Crippen LogP contribution in [0.4, 0.5) is 0 Å². The van der Waals surface area contributed by atoms with Crippen LogP contribution in [0.15, 0.2) is 30.3 Å². The first-order chi connectivity index (χ1) is 9.58. The maximum Gasteiger partial charge on any atom is 0.338 e. The van der Waals surface area contributed by atoms with Gasteiger partial charge in [0.1, 0.15) is 5.75 Å². The van der Waals surface area contributed by atoms with Crippen molar-refractivity contribution < 1.29 is 14.9 Å². The van der Waals surface area contributed by atoms with E-state index in [2.05, 4.69) is 10.3 Å². The van der Waals surface area contributed by atoms with E-state index in [1.807, 2.05) is 0 Å². The minimum absolute atomic E-state index is 0.143. The van der Waals surface area contributed by atoms with Gasteiger partial charge in [0.15, 0.2) is 0 Å². The summed E-state index contributed by atoms with van der Waals surface area (Å²) < 4.78 is 0. The van der Waals surface area contributed by atoms with Crippen molar-refractivity contribution in [1.29, 1.82) is 0 Å². The normalized spacial score (nSPS) is 10.4. The second-order valence-corrected chi connectivity index (χ2v) is 4.31. The first-order valence-corrected chi connectivity index (χ1v) is 6.44. The van der Waals surface area contributed by atoms with Crippen molar-refractivity contribution >= 4 is 17.9 Å². The third-order valence-corrected chi connectivity index (χ3v) is 2.55. The van der Waals surface area contributed by atoms with Crippen molar-refractivity contribution in [2.45, 2.75) is 12.8 Å². The van der Waals surface area contributed by atoms with Gasteiger partial charge < -0.3 is 10.4 Å². The van der Waals surface area contributed by atoms with Crippen LogP contribution in [0.3, 0.4) is 0 Å². The van der Waals surface area contributed by atoms with Crippen LogP contribution < -0.4 is 21.8 Å². The number of carbonyl (C=O) groups is 1. The molecule has 0 atom stereocenters. The number of carbonyl (C=O) groups excluding carboxylic acids is 1. The number of amides is 1. The number of phenolic OH excluding ortho intramolecular Hbond substituents is 1. The topological polar surface area (TPSA) is 115 Å². The summed E-state index contributed by atoms with van der Waals surface area (Å²) >= 11 is 0. The van der Waals surface area contributed by atoms with Gasteiger partial charge in [-0.3, -0.25) is 21.3 Å². The Hall–Kier alpha value is -2.50. The minimum atomic E-state index is -0.143. The number of unbranched alkanes of at least 4 members (excludes halogenated alkanes) is 1.